The van der Waals surface area contributed by atoms with Crippen molar-refractivity contribution >= 4 is 60.5 Å². The van der Waals surface area contributed by atoms with Gasteiger partial charge in [-0.25, -0.2) is 0 Å². The van der Waals surface area contributed by atoms with Crippen LogP contribution in [0.2, 0.25) is 0 Å². The SMILES string of the molecule is c1ccc(-c2ccc(N(c3ccc(-c4cccc5c4oc4ccccc45)cc3)c3c(-c4cccc(-c5ccccc5)c4)c4ccccc4c4ccccc34)cc2)cc1. The summed E-state index contributed by atoms with van der Waals surface area (Å²) in [4.78, 5) is 2.46. The van der Waals surface area contributed by atoms with Crippen LogP contribution in [0.4, 0.5) is 17.1 Å². The fourth-order valence-electron chi connectivity index (χ4n) is 8.74. The molecule has 2 nitrogen and oxygen atoms in total. The summed E-state index contributed by atoms with van der Waals surface area (Å²) in [6.45, 7) is 0. The fourth-order valence-corrected chi connectivity index (χ4v) is 8.74. The van der Waals surface area contributed by atoms with Gasteiger partial charge in [0.2, 0.25) is 0 Å². The third kappa shape index (κ3) is 5.74. The smallest absolute Gasteiger partial charge is 0.143 e. The largest absolute Gasteiger partial charge is 0.455 e. The maximum Gasteiger partial charge on any atom is 0.143 e. The van der Waals surface area contributed by atoms with E-state index in [0.717, 1.165) is 55.7 Å². The first-order valence-corrected chi connectivity index (χ1v) is 19.8. The van der Waals surface area contributed by atoms with Crippen molar-refractivity contribution < 1.29 is 4.42 Å². The van der Waals surface area contributed by atoms with Gasteiger partial charge in [-0.2, -0.15) is 0 Å². The Labute approximate surface area is 337 Å². The van der Waals surface area contributed by atoms with Crippen LogP contribution in [0.25, 0.3) is 88.0 Å². The van der Waals surface area contributed by atoms with Crippen LogP contribution in [0.1, 0.15) is 0 Å². The Morgan fingerprint density at radius 2 is 0.759 bits per heavy atom. The molecule has 0 aliphatic rings. The lowest BCUT2D eigenvalue weighted by molar-refractivity contribution is 0.670. The normalized spacial score (nSPS) is 11.4. The minimum atomic E-state index is 0.902. The molecule has 58 heavy (non-hydrogen) atoms. The minimum absolute atomic E-state index is 0.902. The van der Waals surface area contributed by atoms with Crippen LogP contribution in [0.15, 0.2) is 229 Å². The van der Waals surface area contributed by atoms with Crippen molar-refractivity contribution in [3.63, 3.8) is 0 Å². The lowest BCUT2D eigenvalue weighted by Crippen LogP contribution is -2.12. The van der Waals surface area contributed by atoms with Crippen molar-refractivity contribution in [2.75, 3.05) is 4.90 Å². The molecule has 11 rings (SSSR count). The Balaban J connectivity index is 1.16. The van der Waals surface area contributed by atoms with Crippen molar-refractivity contribution in [1.29, 1.82) is 0 Å². The van der Waals surface area contributed by atoms with Crippen molar-refractivity contribution in [1.82, 2.24) is 0 Å². The first kappa shape index (κ1) is 33.6. The fraction of sp³-hybridized carbons (Fsp3) is 0. The highest BCUT2D eigenvalue weighted by atomic mass is 16.3. The number of furan rings is 1. The molecule has 0 saturated carbocycles. The zero-order valence-corrected chi connectivity index (χ0v) is 31.7. The average molecular weight is 740 g/mol. The van der Waals surface area contributed by atoms with Crippen LogP contribution in [-0.4, -0.2) is 0 Å². The monoisotopic (exact) mass is 739 g/mol. The summed E-state index contributed by atoms with van der Waals surface area (Å²) >= 11 is 0. The Bertz CT molecular complexity index is 3250. The van der Waals surface area contributed by atoms with E-state index in [1.165, 1.54) is 49.4 Å². The standard InChI is InChI=1S/C56H37NO/c1-3-15-38(16-4-1)40-29-33-44(34-30-40)57(45-35-31-41(32-36-45)46-26-14-27-52-49-23-11-12-28-53(49)58-56(46)52)55-51-25-10-8-22-48(51)47-21-7-9-24-50(47)54(55)43-20-13-19-42(37-43)39-17-5-2-6-18-39/h1-37H. The van der Waals surface area contributed by atoms with Gasteiger partial charge in [0, 0.05) is 38.7 Å². The van der Waals surface area contributed by atoms with Gasteiger partial charge in [-0.15, -0.1) is 0 Å². The number of rotatable bonds is 7. The molecule has 0 saturated heterocycles. The molecule has 272 valence electrons. The molecule has 0 N–H and O–H groups in total. The minimum Gasteiger partial charge on any atom is -0.455 e. The third-order valence-electron chi connectivity index (χ3n) is 11.5. The van der Waals surface area contributed by atoms with Crippen molar-refractivity contribution in [3.8, 4) is 44.5 Å². The number of benzene rings is 10. The molecule has 1 heterocycles. The van der Waals surface area contributed by atoms with Gasteiger partial charge in [0.05, 0.1) is 5.69 Å². The van der Waals surface area contributed by atoms with E-state index in [1.54, 1.807) is 0 Å². The third-order valence-corrected chi connectivity index (χ3v) is 11.5. The van der Waals surface area contributed by atoms with Crippen molar-refractivity contribution in [2.45, 2.75) is 0 Å². The molecular formula is C56H37NO. The maximum absolute atomic E-state index is 6.49. The van der Waals surface area contributed by atoms with Crippen LogP contribution in [0.3, 0.4) is 0 Å². The van der Waals surface area contributed by atoms with Gasteiger partial charge >= 0.3 is 0 Å². The van der Waals surface area contributed by atoms with Crippen molar-refractivity contribution in [3.05, 3.63) is 224 Å². The molecule has 0 amide bonds. The topological polar surface area (TPSA) is 16.4 Å². The number of anilines is 3. The molecule has 0 radical (unpaired) electrons. The van der Waals surface area contributed by atoms with E-state index < -0.39 is 0 Å². The molecule has 0 atom stereocenters. The number of hydrogen-bond donors (Lipinski definition) is 0. The molecule has 2 heteroatoms. The summed E-state index contributed by atoms with van der Waals surface area (Å²) in [5.74, 6) is 0. The number of nitrogens with zero attached hydrogens (tertiary/aromatic N) is 1. The molecule has 0 aliphatic carbocycles. The van der Waals surface area contributed by atoms with Gasteiger partial charge in [0.1, 0.15) is 11.2 Å². The molecule has 10 aromatic carbocycles. The second kappa shape index (κ2) is 14.1. The van der Waals surface area contributed by atoms with E-state index in [0.29, 0.717) is 0 Å². The molecule has 1 aromatic heterocycles. The van der Waals surface area contributed by atoms with E-state index in [9.17, 15) is 0 Å². The number of fused-ring (bicyclic) bond motifs is 6. The lowest BCUT2D eigenvalue weighted by Gasteiger charge is -2.31. The predicted molar refractivity (Wildman–Crippen MR) is 245 cm³/mol. The summed E-state index contributed by atoms with van der Waals surface area (Å²) < 4.78 is 6.49. The van der Waals surface area contributed by atoms with Gasteiger partial charge in [-0.1, -0.05) is 188 Å². The van der Waals surface area contributed by atoms with Crippen molar-refractivity contribution in [2.24, 2.45) is 0 Å². The Morgan fingerprint density at radius 1 is 0.293 bits per heavy atom. The number of hydrogen-bond acceptors (Lipinski definition) is 2. The van der Waals surface area contributed by atoms with Crippen LogP contribution in [0, 0.1) is 0 Å². The Hall–Kier alpha value is -7.68. The van der Waals surface area contributed by atoms with Crippen LogP contribution in [-0.2, 0) is 0 Å². The number of para-hydroxylation sites is 2. The van der Waals surface area contributed by atoms with Gasteiger partial charge in [-0.3, -0.25) is 0 Å². The molecule has 0 bridgehead atoms. The summed E-state index contributed by atoms with van der Waals surface area (Å²) in [7, 11) is 0. The van der Waals surface area contributed by atoms with Gasteiger partial charge in [0.25, 0.3) is 0 Å². The van der Waals surface area contributed by atoms with Gasteiger partial charge in [0.15, 0.2) is 0 Å². The lowest BCUT2D eigenvalue weighted by atomic mass is 9.88. The van der Waals surface area contributed by atoms with E-state index >= 15 is 0 Å². The molecule has 0 spiro atoms. The average Bonchev–Trinajstić information content (AvgIpc) is 3.69. The zero-order chi connectivity index (χ0) is 38.4. The second-order valence-electron chi connectivity index (χ2n) is 14.8. The Kier molecular flexibility index (Phi) is 8.19. The van der Waals surface area contributed by atoms with E-state index in [2.05, 4.69) is 217 Å². The van der Waals surface area contributed by atoms with E-state index in [1.807, 2.05) is 12.1 Å². The highest BCUT2D eigenvalue weighted by Crippen LogP contribution is 2.50. The first-order chi connectivity index (χ1) is 28.8. The Morgan fingerprint density at radius 3 is 1.45 bits per heavy atom. The summed E-state index contributed by atoms with van der Waals surface area (Å²) in [5.41, 5.74) is 14.4. The zero-order valence-electron chi connectivity index (χ0n) is 31.7. The maximum atomic E-state index is 6.49. The van der Waals surface area contributed by atoms with Crippen LogP contribution >= 0.6 is 0 Å². The van der Waals surface area contributed by atoms with Crippen LogP contribution in [0.5, 0.6) is 0 Å². The first-order valence-electron chi connectivity index (χ1n) is 19.8. The summed E-state index contributed by atoms with van der Waals surface area (Å²) in [5, 5.41) is 7.10. The molecule has 0 unspecified atom stereocenters. The predicted octanol–water partition coefficient (Wildman–Crippen LogP) is 16.0. The highest BCUT2D eigenvalue weighted by molar-refractivity contribution is 6.22. The van der Waals surface area contributed by atoms with E-state index in [-0.39, 0.29) is 0 Å². The molecular weight excluding hydrogens is 703 g/mol. The molecule has 0 aliphatic heterocycles. The molecule has 0 fully saturated rings. The van der Waals surface area contributed by atoms with Gasteiger partial charge < -0.3 is 9.32 Å². The quantitative estimate of drug-likeness (QED) is 0.151. The van der Waals surface area contributed by atoms with Gasteiger partial charge in [-0.05, 0) is 85.9 Å². The highest BCUT2D eigenvalue weighted by Gasteiger charge is 2.24. The second-order valence-corrected chi connectivity index (χ2v) is 14.8. The van der Waals surface area contributed by atoms with E-state index in [4.69, 9.17) is 4.42 Å². The van der Waals surface area contributed by atoms with Crippen LogP contribution < -0.4 is 4.90 Å². The summed E-state index contributed by atoms with van der Waals surface area (Å²) in [6.07, 6.45) is 0. The summed E-state index contributed by atoms with van der Waals surface area (Å²) in [6, 6.07) is 80.7. The molecule has 11 aromatic rings.